The number of likely N-dealkylation sites (N-methyl/N-ethyl adjacent to an activating group) is 1. The van der Waals surface area contributed by atoms with Gasteiger partial charge in [-0.1, -0.05) is 82.3 Å². The number of aromatic nitrogens is 6. The maximum absolute atomic E-state index is 14.7. The number of carbonyl (C=O) groups excluding carboxylic acids is 10. The zero-order valence-electron chi connectivity index (χ0n) is 61.3. The summed E-state index contributed by atoms with van der Waals surface area (Å²) >= 11 is 0. The standard InChI is InChI=1S/C59H84N16O12.C17H11N5/c1-6-63-57(86)48-14-10-22-75(48)58(87)41(13-9-21-64-59(60)61)68-51(80)42(23-32(2)3)69-52(81)43(24-33(4)5)70-53(82)44(25-34-15-17-37(77)18-16-34)71-56(85)47(30-76)74-54(83)45(26-35-28-65-39-12-8-7-11-38(35)39)72-55(84)46(27-36-29-62-31-66-36)73-50(79)40-19-20-49(78)67-40;18-9-13-1-5-15(6-2-13)17(22-12-20-11-21-22)16-7-3-14(10-19)4-8-16/h7-8,11-12,15-18,28-29,31-33,40-48,65,76-77H,6,9-10,13-14,19-27,30H2,1-5H3,(H,62,66)(H,63,86)(H,67,78)(H,68,80)(H,69,81)(H,70,82)(H,71,85)(H,72,84)(H,73,79)(H,74,83)(H4,60,61,64);1-8,11-12,17H/t40-,41-,42-,43+,44-,45-,46-,47-,48-;/m0./s1. The van der Waals surface area contributed by atoms with E-state index < -0.39 is 108 Å². The molecule has 17 N–H and O–H groups in total. The van der Waals surface area contributed by atoms with Crippen LogP contribution in [-0.4, -0.2) is 190 Å². The Bertz CT molecular complexity index is 4290. The number of hydrogen-bond acceptors (Lipinski definition) is 18. The number of aliphatic hydroxyl groups is 1. The van der Waals surface area contributed by atoms with E-state index in [-0.39, 0.29) is 106 Å². The van der Waals surface area contributed by atoms with Crippen LogP contribution in [0.15, 0.2) is 128 Å². The van der Waals surface area contributed by atoms with Gasteiger partial charge in [0.05, 0.1) is 36.2 Å². The molecular formula is C76H95N21O12. The number of likely N-dealkylation sites (tertiary alicyclic amines) is 1. The minimum atomic E-state index is -1.75. The van der Waals surface area contributed by atoms with Gasteiger partial charge in [-0.2, -0.15) is 15.6 Å². The van der Waals surface area contributed by atoms with Crippen LogP contribution in [0.25, 0.3) is 10.9 Å². The number of para-hydroxylation sites is 1. The summed E-state index contributed by atoms with van der Waals surface area (Å²) in [5.74, 6) is -7.69. The second-order valence-corrected chi connectivity index (χ2v) is 27.6. The highest BCUT2D eigenvalue weighted by Gasteiger charge is 2.40. The highest BCUT2D eigenvalue weighted by molar-refractivity contribution is 5.99. The molecule has 0 unspecified atom stereocenters. The third-order valence-electron chi connectivity index (χ3n) is 18.4. The predicted octanol–water partition coefficient (Wildman–Crippen LogP) is 1.43. The van der Waals surface area contributed by atoms with Gasteiger partial charge in [-0.05, 0) is 128 Å². The molecule has 3 aromatic heterocycles. The van der Waals surface area contributed by atoms with Gasteiger partial charge < -0.3 is 84.0 Å². The fraction of sp³-hybridized carbons (Fsp3) is 0.421. The van der Waals surface area contributed by atoms with Crippen molar-refractivity contribution < 1.29 is 58.2 Å². The largest absolute Gasteiger partial charge is 0.508 e. The van der Waals surface area contributed by atoms with Crippen LogP contribution in [0.4, 0.5) is 0 Å². The van der Waals surface area contributed by atoms with Crippen LogP contribution in [0.1, 0.15) is 131 Å². The second-order valence-electron chi connectivity index (χ2n) is 27.6. The first-order chi connectivity index (χ1) is 52.3. The van der Waals surface area contributed by atoms with E-state index in [1.807, 2.05) is 44.2 Å². The van der Waals surface area contributed by atoms with E-state index >= 15 is 0 Å². The molecule has 2 aliphatic rings. The topological polar surface area (TPSA) is 507 Å². The van der Waals surface area contributed by atoms with Crippen LogP contribution in [0.2, 0.25) is 0 Å². The number of aliphatic hydroxyl groups excluding tert-OH is 1. The number of phenols is 1. The SMILES string of the molecule is CCNC(=O)[C@@H]1CCCN1C(=O)[C@H](CCCNC(=N)N)NC(=O)[C@H](CC(C)C)NC(=O)[C@@H](CC(C)C)NC(=O)[C@H](Cc1ccc(O)cc1)NC(=O)[C@H](CO)NC(=O)[C@H](Cc1c[nH]c2ccccc12)NC(=O)[C@H](Cc1cnc[nH]1)NC(=O)[C@@H]1CCC(=O)N1.N#Cc1ccc(C(c2ccc(C#N)cc2)n2cncn2)cc1. The van der Waals surface area contributed by atoms with Crippen molar-refractivity contribution in [3.05, 3.63) is 168 Å². The van der Waals surface area contributed by atoms with Crippen LogP contribution in [0.5, 0.6) is 5.75 Å². The number of nitriles is 2. The Balaban J connectivity index is 0.000000575. The Labute approximate surface area is 630 Å². The number of imidazole rings is 1. The van der Waals surface area contributed by atoms with E-state index in [9.17, 15) is 58.2 Å². The van der Waals surface area contributed by atoms with Gasteiger partial charge in [0.25, 0.3) is 0 Å². The van der Waals surface area contributed by atoms with Gasteiger partial charge in [0.1, 0.15) is 78.8 Å². The summed E-state index contributed by atoms with van der Waals surface area (Å²) in [6.45, 7) is 8.87. The number of phenolic OH excluding ortho intramolecular Hbond substituents is 1. The number of aromatic hydroxyl groups is 1. The van der Waals surface area contributed by atoms with Gasteiger partial charge in [0.15, 0.2) is 5.96 Å². The summed E-state index contributed by atoms with van der Waals surface area (Å²) in [5, 5.41) is 78.2. The molecule has 0 bridgehead atoms. The summed E-state index contributed by atoms with van der Waals surface area (Å²) in [7, 11) is 0. The molecule has 0 spiro atoms. The zero-order chi connectivity index (χ0) is 78.7. The first kappa shape index (κ1) is 82.1. The second kappa shape index (κ2) is 40.3. The number of carbonyl (C=O) groups is 10. The number of rotatable bonds is 35. The number of hydrogen-bond donors (Lipinski definition) is 16. The van der Waals surface area contributed by atoms with E-state index in [0.29, 0.717) is 59.1 Å². The van der Waals surface area contributed by atoms with Crippen LogP contribution in [0.3, 0.4) is 0 Å². The van der Waals surface area contributed by atoms with Crippen LogP contribution < -0.4 is 58.9 Å². The van der Waals surface area contributed by atoms with Crippen LogP contribution in [-0.2, 0) is 67.2 Å². The van der Waals surface area contributed by atoms with Crippen molar-refractivity contribution in [2.75, 3.05) is 26.2 Å². The van der Waals surface area contributed by atoms with E-state index in [2.05, 4.69) is 90.3 Å². The van der Waals surface area contributed by atoms with Crippen LogP contribution in [0, 0.1) is 39.9 Å². The predicted molar refractivity (Wildman–Crippen MR) is 399 cm³/mol. The van der Waals surface area contributed by atoms with Gasteiger partial charge in [0.2, 0.25) is 59.1 Å². The first-order valence-electron chi connectivity index (χ1n) is 36.2. The van der Waals surface area contributed by atoms with Gasteiger partial charge >= 0.3 is 0 Å². The average Bonchev–Trinajstić information content (AvgIpc) is 1.80. The number of guanidine groups is 1. The highest BCUT2D eigenvalue weighted by atomic mass is 16.3. The molecule has 0 aliphatic carbocycles. The van der Waals surface area contributed by atoms with Crippen molar-refractivity contribution in [3.63, 3.8) is 0 Å². The average molecular weight is 1490 g/mol. The van der Waals surface area contributed by atoms with Crippen molar-refractivity contribution in [1.82, 2.24) is 87.8 Å². The van der Waals surface area contributed by atoms with E-state index in [1.165, 1.54) is 48.0 Å². The molecule has 109 heavy (non-hydrogen) atoms. The smallest absolute Gasteiger partial charge is 0.245 e. The van der Waals surface area contributed by atoms with Crippen molar-refractivity contribution in [3.8, 4) is 17.9 Å². The fourth-order valence-electron chi connectivity index (χ4n) is 12.9. The summed E-state index contributed by atoms with van der Waals surface area (Å²) < 4.78 is 1.75. The Morgan fingerprint density at radius 2 is 1.22 bits per heavy atom. The Morgan fingerprint density at radius 3 is 1.75 bits per heavy atom. The summed E-state index contributed by atoms with van der Waals surface area (Å²) in [6, 6.07) is 20.4. The molecular weight excluding hydrogens is 1400 g/mol. The lowest BCUT2D eigenvalue weighted by Crippen LogP contribution is -2.61. The molecule has 33 nitrogen and oxygen atoms in total. The number of nitrogens with zero attached hydrogens (tertiary/aromatic N) is 7. The molecule has 0 radical (unpaired) electrons. The Kier molecular flexibility index (Phi) is 30.3. The Hall–Kier alpha value is -12.5. The van der Waals surface area contributed by atoms with Gasteiger partial charge in [-0.15, -0.1) is 0 Å². The number of benzene rings is 4. The van der Waals surface area contributed by atoms with Crippen molar-refractivity contribution in [2.45, 2.75) is 166 Å². The van der Waals surface area contributed by atoms with E-state index in [1.54, 1.807) is 80.4 Å². The minimum absolute atomic E-state index is 0.0380. The molecule has 0 saturated carbocycles. The summed E-state index contributed by atoms with van der Waals surface area (Å²) in [5.41, 5.74) is 10.9. The van der Waals surface area contributed by atoms with Crippen LogP contribution >= 0.6 is 0 Å². The lowest BCUT2D eigenvalue weighted by atomic mass is 9.97. The molecule has 9 atom stereocenters. The van der Waals surface area contributed by atoms with Crippen molar-refractivity contribution in [2.24, 2.45) is 17.6 Å². The van der Waals surface area contributed by atoms with E-state index in [4.69, 9.17) is 21.7 Å². The molecule has 33 heteroatoms. The number of aromatic amines is 2. The molecule has 7 aromatic rings. The molecule has 2 fully saturated rings. The summed E-state index contributed by atoms with van der Waals surface area (Å²) in [6.07, 6.45) is 8.95. The number of H-pyrrole nitrogens is 2. The maximum atomic E-state index is 14.7. The molecule has 4 aromatic carbocycles. The number of nitrogens with two attached hydrogens (primary N) is 1. The maximum Gasteiger partial charge on any atom is 0.245 e. The number of amides is 10. The molecule has 2 saturated heterocycles. The van der Waals surface area contributed by atoms with Crippen molar-refractivity contribution >= 4 is 75.9 Å². The van der Waals surface area contributed by atoms with Crippen molar-refractivity contribution in [1.29, 1.82) is 15.9 Å². The monoisotopic (exact) mass is 1490 g/mol. The third-order valence-corrected chi connectivity index (χ3v) is 18.4. The lowest BCUT2D eigenvalue weighted by Gasteiger charge is -2.31. The number of nitrogens with one attached hydrogen (secondary N) is 13. The molecule has 2 aliphatic heterocycles. The third kappa shape index (κ3) is 24.0. The fourth-order valence-corrected chi connectivity index (χ4v) is 12.9. The number of fused-ring (bicyclic) bond motifs is 1. The zero-order valence-corrected chi connectivity index (χ0v) is 61.3. The molecule has 10 amide bonds. The molecule has 9 rings (SSSR count). The quantitative estimate of drug-likeness (QED) is 0.0152. The van der Waals surface area contributed by atoms with Gasteiger partial charge in [0, 0.05) is 74.3 Å². The van der Waals surface area contributed by atoms with Gasteiger partial charge in [-0.3, -0.25) is 53.4 Å². The normalized spacial score (nSPS) is 15.7. The summed E-state index contributed by atoms with van der Waals surface area (Å²) in [4.78, 5) is 155. The Morgan fingerprint density at radius 1 is 0.661 bits per heavy atom. The highest BCUT2D eigenvalue weighted by Crippen LogP contribution is 2.28. The molecule has 576 valence electrons. The minimum Gasteiger partial charge on any atom is -0.508 e. The first-order valence-corrected chi connectivity index (χ1v) is 36.2. The lowest BCUT2D eigenvalue weighted by molar-refractivity contribution is -0.142. The molecule has 5 heterocycles. The van der Waals surface area contributed by atoms with E-state index in [0.717, 1.165) is 16.6 Å². The van der Waals surface area contributed by atoms with Gasteiger partial charge in [-0.25, -0.2) is 14.6 Å².